The van der Waals surface area contributed by atoms with Gasteiger partial charge < -0.3 is 4.90 Å². The van der Waals surface area contributed by atoms with Crippen LogP contribution in [0.3, 0.4) is 0 Å². The van der Waals surface area contributed by atoms with Crippen molar-refractivity contribution >= 4 is 33.4 Å². The maximum absolute atomic E-state index is 13.8. The Bertz CT molecular complexity index is 1200. The number of nitrogens with zero attached hydrogens (tertiary/aromatic N) is 2. The van der Waals surface area contributed by atoms with Crippen LogP contribution in [0.1, 0.15) is 60.9 Å². The number of primary sulfonamides is 1. The number of rotatable bonds is 5. The van der Waals surface area contributed by atoms with Crippen molar-refractivity contribution in [3.63, 3.8) is 0 Å². The standard InChI is InChI=1S/C25H29N3O5S/c1-17-8-6-7-11-21(17)24(30)27(18-9-4-2-3-5-10-18)22-16-23(29)28(25(22)31)19-12-14-20(15-13-19)34(26,32)33/h6-8,11-15,18,22H,2-5,9-10,16H2,1H3,(H2,26,32,33). The van der Waals surface area contributed by atoms with Gasteiger partial charge in [0.25, 0.3) is 11.8 Å². The molecular formula is C25H29N3O5S. The van der Waals surface area contributed by atoms with E-state index in [4.69, 9.17) is 5.14 Å². The van der Waals surface area contributed by atoms with Gasteiger partial charge in [0.1, 0.15) is 6.04 Å². The number of carbonyl (C=O) groups excluding carboxylic acids is 3. The van der Waals surface area contributed by atoms with E-state index >= 15 is 0 Å². The Labute approximate surface area is 199 Å². The van der Waals surface area contributed by atoms with E-state index in [1.54, 1.807) is 17.0 Å². The molecule has 2 aromatic rings. The summed E-state index contributed by atoms with van der Waals surface area (Å²) in [7, 11) is -3.90. The summed E-state index contributed by atoms with van der Waals surface area (Å²) in [5, 5.41) is 5.15. The van der Waals surface area contributed by atoms with Gasteiger partial charge in [0, 0.05) is 11.6 Å². The number of hydrogen-bond donors (Lipinski definition) is 1. The molecule has 0 radical (unpaired) electrons. The molecule has 1 aliphatic heterocycles. The van der Waals surface area contributed by atoms with Gasteiger partial charge in [-0.15, -0.1) is 0 Å². The van der Waals surface area contributed by atoms with E-state index in [2.05, 4.69) is 0 Å². The molecule has 0 bridgehead atoms. The minimum absolute atomic E-state index is 0.107. The van der Waals surface area contributed by atoms with E-state index in [-0.39, 0.29) is 29.0 Å². The molecule has 8 nitrogen and oxygen atoms in total. The highest BCUT2D eigenvalue weighted by molar-refractivity contribution is 7.89. The van der Waals surface area contributed by atoms with Gasteiger partial charge in [0.05, 0.1) is 17.0 Å². The number of sulfonamides is 1. The first-order chi connectivity index (χ1) is 16.2. The fourth-order valence-corrected chi connectivity index (χ4v) is 5.45. The molecule has 0 spiro atoms. The normalized spacial score (nSPS) is 19.8. The van der Waals surface area contributed by atoms with Crippen LogP contribution in [0.25, 0.3) is 0 Å². The minimum Gasteiger partial charge on any atom is -0.323 e. The summed E-state index contributed by atoms with van der Waals surface area (Å²) >= 11 is 0. The third-order valence-electron chi connectivity index (χ3n) is 6.71. The highest BCUT2D eigenvalue weighted by Gasteiger charge is 2.46. The summed E-state index contributed by atoms with van der Waals surface area (Å²) in [6.07, 6.45) is 5.58. The first kappa shape index (κ1) is 24.1. The number of carbonyl (C=O) groups is 3. The molecule has 2 N–H and O–H groups in total. The number of hydrogen-bond acceptors (Lipinski definition) is 5. The molecule has 0 aromatic heterocycles. The molecular weight excluding hydrogens is 454 g/mol. The highest BCUT2D eigenvalue weighted by Crippen LogP contribution is 2.32. The summed E-state index contributed by atoms with van der Waals surface area (Å²) in [6.45, 7) is 1.86. The van der Waals surface area contributed by atoms with Crippen LogP contribution < -0.4 is 10.0 Å². The molecule has 34 heavy (non-hydrogen) atoms. The van der Waals surface area contributed by atoms with Crippen LogP contribution in [0, 0.1) is 6.92 Å². The quantitative estimate of drug-likeness (QED) is 0.518. The van der Waals surface area contributed by atoms with Crippen molar-refractivity contribution in [1.82, 2.24) is 4.90 Å². The van der Waals surface area contributed by atoms with Crippen LogP contribution in [0.2, 0.25) is 0 Å². The molecule has 1 heterocycles. The molecule has 9 heteroatoms. The monoisotopic (exact) mass is 483 g/mol. The first-order valence-corrected chi connectivity index (χ1v) is 13.1. The lowest BCUT2D eigenvalue weighted by Crippen LogP contribution is -2.51. The molecule has 1 unspecified atom stereocenters. The second kappa shape index (κ2) is 9.68. The lowest BCUT2D eigenvalue weighted by atomic mass is 10.00. The molecule has 1 saturated carbocycles. The van der Waals surface area contributed by atoms with Gasteiger partial charge >= 0.3 is 0 Å². The maximum atomic E-state index is 13.8. The summed E-state index contributed by atoms with van der Waals surface area (Å²) in [5.74, 6) is -1.13. The lowest BCUT2D eigenvalue weighted by Gasteiger charge is -2.35. The number of anilines is 1. The molecule has 2 fully saturated rings. The van der Waals surface area contributed by atoms with Crippen molar-refractivity contribution in [2.24, 2.45) is 5.14 Å². The van der Waals surface area contributed by atoms with Gasteiger partial charge in [0.2, 0.25) is 15.9 Å². The van der Waals surface area contributed by atoms with Crippen molar-refractivity contribution in [3.8, 4) is 0 Å². The minimum atomic E-state index is -3.90. The molecule has 180 valence electrons. The molecule has 4 rings (SSSR count). The molecule has 1 aliphatic carbocycles. The van der Waals surface area contributed by atoms with E-state index in [0.717, 1.165) is 49.0 Å². The number of amides is 3. The van der Waals surface area contributed by atoms with Gasteiger partial charge in [-0.25, -0.2) is 18.5 Å². The van der Waals surface area contributed by atoms with E-state index in [1.807, 2.05) is 19.1 Å². The highest BCUT2D eigenvalue weighted by atomic mass is 32.2. The van der Waals surface area contributed by atoms with Gasteiger partial charge in [0.15, 0.2) is 0 Å². The topological polar surface area (TPSA) is 118 Å². The van der Waals surface area contributed by atoms with E-state index in [9.17, 15) is 22.8 Å². The van der Waals surface area contributed by atoms with Crippen molar-refractivity contribution in [3.05, 3.63) is 59.7 Å². The van der Waals surface area contributed by atoms with E-state index < -0.39 is 27.9 Å². The summed E-state index contributed by atoms with van der Waals surface area (Å²) in [4.78, 5) is 42.9. The second-order valence-corrected chi connectivity index (χ2v) is 10.6. The van der Waals surface area contributed by atoms with E-state index in [0.29, 0.717) is 5.56 Å². The summed E-state index contributed by atoms with van der Waals surface area (Å²) in [6, 6.07) is 11.5. The van der Waals surface area contributed by atoms with Crippen LogP contribution in [0.4, 0.5) is 5.69 Å². The SMILES string of the molecule is Cc1ccccc1C(=O)N(C1CCCCCC1)C1CC(=O)N(c2ccc(S(N)(=O)=O)cc2)C1=O. The molecule has 1 atom stereocenters. The third-order valence-corrected chi connectivity index (χ3v) is 7.64. The lowest BCUT2D eigenvalue weighted by molar-refractivity contribution is -0.123. The van der Waals surface area contributed by atoms with Crippen molar-refractivity contribution in [2.75, 3.05) is 4.90 Å². The summed E-state index contributed by atoms with van der Waals surface area (Å²) < 4.78 is 23.1. The number of benzene rings is 2. The Balaban J connectivity index is 1.69. The van der Waals surface area contributed by atoms with Gasteiger partial charge in [-0.3, -0.25) is 14.4 Å². The summed E-state index contributed by atoms with van der Waals surface area (Å²) in [5.41, 5.74) is 1.61. The second-order valence-electron chi connectivity index (χ2n) is 9.00. The average molecular weight is 484 g/mol. The average Bonchev–Trinajstić information content (AvgIpc) is 2.96. The molecule has 2 aromatic carbocycles. The van der Waals surface area contributed by atoms with Crippen molar-refractivity contribution in [1.29, 1.82) is 0 Å². The smallest absolute Gasteiger partial charge is 0.257 e. The number of aryl methyl sites for hydroxylation is 1. The Kier molecular flexibility index (Phi) is 6.86. The molecule has 2 aliphatic rings. The van der Waals surface area contributed by atoms with Crippen molar-refractivity contribution < 1.29 is 22.8 Å². The van der Waals surface area contributed by atoms with Crippen LogP contribution in [-0.2, 0) is 19.6 Å². The maximum Gasteiger partial charge on any atom is 0.257 e. The van der Waals surface area contributed by atoms with Gasteiger partial charge in [-0.05, 0) is 55.7 Å². The third kappa shape index (κ3) is 4.76. The predicted molar refractivity (Wildman–Crippen MR) is 128 cm³/mol. The number of imide groups is 1. The Hall–Kier alpha value is -3.04. The Morgan fingerprint density at radius 2 is 1.59 bits per heavy atom. The van der Waals surface area contributed by atoms with Crippen LogP contribution in [-0.4, -0.2) is 43.1 Å². The Morgan fingerprint density at radius 1 is 0.971 bits per heavy atom. The molecule has 3 amide bonds. The fourth-order valence-electron chi connectivity index (χ4n) is 4.94. The number of nitrogens with two attached hydrogens (primary N) is 1. The fraction of sp³-hybridized carbons (Fsp3) is 0.400. The Morgan fingerprint density at radius 3 is 2.18 bits per heavy atom. The van der Waals surface area contributed by atoms with Gasteiger partial charge in [-0.2, -0.15) is 0 Å². The first-order valence-electron chi connectivity index (χ1n) is 11.6. The zero-order valence-electron chi connectivity index (χ0n) is 19.1. The largest absolute Gasteiger partial charge is 0.323 e. The molecule has 1 saturated heterocycles. The zero-order chi connectivity index (χ0) is 24.5. The van der Waals surface area contributed by atoms with Crippen molar-refractivity contribution in [2.45, 2.75) is 68.8 Å². The van der Waals surface area contributed by atoms with Crippen LogP contribution >= 0.6 is 0 Å². The van der Waals surface area contributed by atoms with Crippen LogP contribution in [0.15, 0.2) is 53.4 Å². The van der Waals surface area contributed by atoms with Gasteiger partial charge in [-0.1, -0.05) is 43.9 Å². The zero-order valence-corrected chi connectivity index (χ0v) is 20.0. The predicted octanol–water partition coefficient (Wildman–Crippen LogP) is 3.14. The van der Waals surface area contributed by atoms with Crippen LogP contribution in [0.5, 0.6) is 0 Å². The van der Waals surface area contributed by atoms with E-state index in [1.165, 1.54) is 24.3 Å².